The number of alkyl halides is 6. The van der Waals surface area contributed by atoms with Gasteiger partial charge in [-0.15, -0.1) is 0 Å². The number of aliphatic hydroxyl groups is 1. The summed E-state index contributed by atoms with van der Waals surface area (Å²) in [7, 11) is 0. The minimum absolute atomic E-state index is 0.107. The van der Waals surface area contributed by atoms with E-state index in [9.17, 15) is 26.3 Å². The molecule has 108 valence electrons. The van der Waals surface area contributed by atoms with E-state index in [-0.39, 0.29) is 25.7 Å². The van der Waals surface area contributed by atoms with Gasteiger partial charge in [-0.2, -0.15) is 26.3 Å². The standard InChI is InChI=1S/C10H15F6NO/c11-9(12,13)5-17-8(6-18)3-1-7(2-4-8)10(14,15)16/h7,17-18H,1-6H2. The fourth-order valence-electron chi connectivity index (χ4n) is 2.18. The topological polar surface area (TPSA) is 32.3 Å². The Labute approximate surface area is 100 Å². The first-order valence-corrected chi connectivity index (χ1v) is 5.57. The summed E-state index contributed by atoms with van der Waals surface area (Å²) < 4.78 is 73.4. The molecule has 0 bridgehead atoms. The van der Waals surface area contributed by atoms with Gasteiger partial charge in [-0.3, -0.25) is 0 Å². The van der Waals surface area contributed by atoms with E-state index in [1.54, 1.807) is 0 Å². The van der Waals surface area contributed by atoms with Gasteiger partial charge in [-0.1, -0.05) is 0 Å². The summed E-state index contributed by atoms with van der Waals surface area (Å²) in [5.41, 5.74) is -1.24. The van der Waals surface area contributed by atoms with Crippen molar-refractivity contribution in [3.8, 4) is 0 Å². The molecule has 0 unspecified atom stereocenters. The number of halogens is 6. The maximum absolute atomic E-state index is 12.4. The molecule has 1 aliphatic rings. The Kier molecular flexibility index (Phi) is 4.53. The maximum Gasteiger partial charge on any atom is 0.401 e. The maximum atomic E-state index is 12.4. The summed E-state index contributed by atoms with van der Waals surface area (Å²) >= 11 is 0. The minimum atomic E-state index is -4.44. The van der Waals surface area contributed by atoms with Gasteiger partial charge in [0.05, 0.1) is 19.1 Å². The molecule has 0 aliphatic heterocycles. The molecule has 0 radical (unpaired) electrons. The molecule has 0 heterocycles. The van der Waals surface area contributed by atoms with Gasteiger partial charge < -0.3 is 10.4 Å². The fraction of sp³-hybridized carbons (Fsp3) is 1.00. The molecule has 0 saturated heterocycles. The molecule has 0 aromatic heterocycles. The van der Waals surface area contributed by atoms with Gasteiger partial charge in [0.2, 0.25) is 0 Å². The molecule has 2 nitrogen and oxygen atoms in total. The Morgan fingerprint density at radius 1 is 1.06 bits per heavy atom. The first kappa shape index (κ1) is 15.6. The number of aliphatic hydroxyl groups excluding tert-OH is 1. The van der Waals surface area contributed by atoms with Crippen LogP contribution in [0.3, 0.4) is 0 Å². The lowest BCUT2D eigenvalue weighted by atomic mass is 9.76. The second-order valence-corrected chi connectivity index (χ2v) is 4.72. The quantitative estimate of drug-likeness (QED) is 0.778. The molecule has 18 heavy (non-hydrogen) atoms. The minimum Gasteiger partial charge on any atom is -0.394 e. The number of nitrogens with one attached hydrogen (secondary N) is 1. The van der Waals surface area contributed by atoms with Crippen LogP contribution in [-0.2, 0) is 0 Å². The van der Waals surface area contributed by atoms with E-state index in [1.165, 1.54) is 0 Å². The zero-order valence-electron chi connectivity index (χ0n) is 9.53. The summed E-state index contributed by atoms with van der Waals surface area (Å²) in [5, 5.41) is 11.3. The molecular weight excluding hydrogens is 264 g/mol. The van der Waals surface area contributed by atoms with Crippen molar-refractivity contribution in [1.29, 1.82) is 0 Å². The summed E-state index contributed by atoms with van der Waals surface area (Å²) in [6.07, 6.45) is -9.48. The van der Waals surface area contributed by atoms with E-state index < -0.39 is 37.0 Å². The third-order valence-electron chi connectivity index (χ3n) is 3.37. The van der Waals surface area contributed by atoms with E-state index in [2.05, 4.69) is 5.32 Å². The molecule has 1 rings (SSSR count). The van der Waals surface area contributed by atoms with Crippen LogP contribution < -0.4 is 5.32 Å². The van der Waals surface area contributed by atoms with Crippen LogP contribution in [0, 0.1) is 5.92 Å². The van der Waals surface area contributed by atoms with Gasteiger partial charge in [-0.25, -0.2) is 0 Å². The van der Waals surface area contributed by atoms with Gasteiger partial charge in [-0.05, 0) is 25.7 Å². The zero-order chi connectivity index (χ0) is 14.0. The Morgan fingerprint density at radius 2 is 1.56 bits per heavy atom. The Hall–Kier alpha value is -0.500. The van der Waals surface area contributed by atoms with Gasteiger partial charge in [0.25, 0.3) is 0 Å². The van der Waals surface area contributed by atoms with Gasteiger partial charge in [0.1, 0.15) is 0 Å². The highest BCUT2D eigenvalue weighted by Gasteiger charge is 2.46. The predicted octanol–water partition coefficient (Wildman–Crippen LogP) is 2.62. The van der Waals surface area contributed by atoms with Crippen molar-refractivity contribution in [3.63, 3.8) is 0 Å². The molecule has 1 saturated carbocycles. The lowest BCUT2D eigenvalue weighted by Crippen LogP contribution is -2.54. The van der Waals surface area contributed by atoms with Crippen molar-refractivity contribution in [2.45, 2.75) is 43.6 Å². The Morgan fingerprint density at radius 3 is 1.89 bits per heavy atom. The fourth-order valence-corrected chi connectivity index (χ4v) is 2.18. The molecule has 0 spiro atoms. The smallest absolute Gasteiger partial charge is 0.394 e. The van der Waals surface area contributed by atoms with Crippen LogP contribution in [0.4, 0.5) is 26.3 Å². The van der Waals surface area contributed by atoms with E-state index in [4.69, 9.17) is 5.11 Å². The lowest BCUT2D eigenvalue weighted by molar-refractivity contribution is -0.187. The first-order valence-electron chi connectivity index (χ1n) is 5.57. The number of rotatable bonds is 3. The highest BCUT2D eigenvalue weighted by molar-refractivity contribution is 4.94. The van der Waals surface area contributed by atoms with E-state index in [1.807, 2.05) is 0 Å². The van der Waals surface area contributed by atoms with Crippen LogP contribution in [0.15, 0.2) is 0 Å². The largest absolute Gasteiger partial charge is 0.401 e. The predicted molar refractivity (Wildman–Crippen MR) is 51.9 cm³/mol. The third kappa shape index (κ3) is 4.31. The van der Waals surface area contributed by atoms with Crippen molar-refractivity contribution in [2.75, 3.05) is 13.2 Å². The van der Waals surface area contributed by atoms with Crippen LogP contribution in [0.5, 0.6) is 0 Å². The van der Waals surface area contributed by atoms with E-state index in [0.29, 0.717) is 0 Å². The molecule has 0 aromatic rings. The second-order valence-electron chi connectivity index (χ2n) is 4.72. The monoisotopic (exact) mass is 279 g/mol. The summed E-state index contributed by atoms with van der Waals surface area (Å²) in [6.45, 7) is -1.89. The molecule has 0 amide bonds. The molecule has 0 aromatic carbocycles. The van der Waals surface area contributed by atoms with Crippen molar-refractivity contribution in [2.24, 2.45) is 5.92 Å². The molecule has 1 fully saturated rings. The normalized spacial score (nSPS) is 30.5. The number of hydrogen-bond acceptors (Lipinski definition) is 2. The molecule has 2 N–H and O–H groups in total. The van der Waals surface area contributed by atoms with Crippen LogP contribution in [-0.4, -0.2) is 36.1 Å². The molecular formula is C10H15F6NO. The van der Waals surface area contributed by atoms with Crippen molar-refractivity contribution >= 4 is 0 Å². The van der Waals surface area contributed by atoms with Crippen LogP contribution in [0.2, 0.25) is 0 Å². The van der Waals surface area contributed by atoms with Crippen molar-refractivity contribution < 1.29 is 31.4 Å². The van der Waals surface area contributed by atoms with Crippen LogP contribution >= 0.6 is 0 Å². The Bertz CT molecular complexity index is 267. The highest BCUT2D eigenvalue weighted by Crippen LogP contribution is 2.41. The SMILES string of the molecule is OCC1(NCC(F)(F)F)CCC(C(F)(F)F)CC1. The van der Waals surface area contributed by atoms with Gasteiger partial charge in [0, 0.05) is 5.54 Å². The molecule has 1 aliphatic carbocycles. The highest BCUT2D eigenvalue weighted by atomic mass is 19.4. The number of hydrogen-bond donors (Lipinski definition) is 2. The first-order chi connectivity index (χ1) is 8.08. The van der Waals surface area contributed by atoms with Crippen LogP contribution in [0.1, 0.15) is 25.7 Å². The summed E-state index contributed by atoms with van der Waals surface area (Å²) in [4.78, 5) is 0. The van der Waals surface area contributed by atoms with E-state index in [0.717, 1.165) is 0 Å². The average molecular weight is 279 g/mol. The molecule has 8 heteroatoms. The van der Waals surface area contributed by atoms with Gasteiger partial charge in [0.15, 0.2) is 0 Å². The van der Waals surface area contributed by atoms with Crippen molar-refractivity contribution in [3.05, 3.63) is 0 Å². The third-order valence-corrected chi connectivity index (χ3v) is 3.37. The molecule has 0 atom stereocenters. The van der Waals surface area contributed by atoms with Crippen molar-refractivity contribution in [1.82, 2.24) is 5.32 Å². The second kappa shape index (κ2) is 5.24. The Balaban J connectivity index is 2.55. The lowest BCUT2D eigenvalue weighted by Gasteiger charge is -2.40. The van der Waals surface area contributed by atoms with Gasteiger partial charge >= 0.3 is 12.4 Å². The summed E-state index contributed by atoms with van der Waals surface area (Å²) in [6, 6.07) is 0. The van der Waals surface area contributed by atoms with Crippen LogP contribution in [0.25, 0.3) is 0 Å². The average Bonchev–Trinajstić information content (AvgIpc) is 2.25. The zero-order valence-corrected chi connectivity index (χ0v) is 9.53. The summed E-state index contributed by atoms with van der Waals surface area (Å²) in [5.74, 6) is -1.48. The van der Waals surface area contributed by atoms with E-state index >= 15 is 0 Å².